The van der Waals surface area contributed by atoms with Gasteiger partial charge in [-0.05, 0) is 64.7 Å². The first-order chi connectivity index (χ1) is 11.4. The average molecular weight is 431 g/mol. The predicted octanol–water partition coefficient (Wildman–Crippen LogP) is 6.43. The summed E-state index contributed by atoms with van der Waals surface area (Å²) in [5.74, 6) is 1.03. The lowest BCUT2D eigenvalue weighted by Crippen LogP contribution is -2.12. The van der Waals surface area contributed by atoms with E-state index in [1.54, 1.807) is 36.4 Å². The number of hydrogen-bond acceptors (Lipinski definition) is 2. The van der Waals surface area contributed by atoms with Crippen LogP contribution >= 0.6 is 39.1 Å². The van der Waals surface area contributed by atoms with Crippen molar-refractivity contribution in [3.63, 3.8) is 0 Å². The van der Waals surface area contributed by atoms with Gasteiger partial charge in [0.05, 0.1) is 21.8 Å². The molecule has 0 aliphatic heterocycles. The van der Waals surface area contributed by atoms with Gasteiger partial charge in [0.2, 0.25) is 0 Å². The number of carbonyl (C=O) groups is 1. The second kappa shape index (κ2) is 8.75. The summed E-state index contributed by atoms with van der Waals surface area (Å²) in [6.45, 7) is 4.93. The molecule has 0 spiro atoms. The maximum absolute atomic E-state index is 12.4. The second-order valence-electron chi connectivity index (χ2n) is 5.75. The zero-order valence-electron chi connectivity index (χ0n) is 13.4. The standard InChI is InChI=1S/C18H18BrCl2NO2/c1-11(2)7-8-24-17-6-3-12(9-14(17)19)18(23)22-16-10-13(20)4-5-15(16)21/h3-6,9-11H,7-8H2,1-2H3,(H,22,23). The number of anilines is 1. The predicted molar refractivity (Wildman–Crippen MR) is 104 cm³/mol. The number of rotatable bonds is 6. The molecule has 2 rings (SSSR count). The molecule has 0 unspecified atom stereocenters. The van der Waals surface area contributed by atoms with E-state index in [9.17, 15) is 4.79 Å². The molecule has 0 atom stereocenters. The van der Waals surface area contributed by atoms with E-state index in [0.29, 0.717) is 39.6 Å². The van der Waals surface area contributed by atoms with Crippen LogP contribution in [0.4, 0.5) is 5.69 Å². The van der Waals surface area contributed by atoms with Crippen LogP contribution < -0.4 is 10.1 Å². The summed E-state index contributed by atoms with van der Waals surface area (Å²) in [6, 6.07) is 10.1. The molecule has 0 aromatic heterocycles. The van der Waals surface area contributed by atoms with Crippen LogP contribution in [0.1, 0.15) is 30.6 Å². The van der Waals surface area contributed by atoms with Gasteiger partial charge in [0.25, 0.3) is 5.91 Å². The number of carbonyl (C=O) groups excluding carboxylic acids is 1. The van der Waals surface area contributed by atoms with Crippen molar-refractivity contribution in [1.82, 2.24) is 0 Å². The van der Waals surface area contributed by atoms with Crippen molar-refractivity contribution in [2.45, 2.75) is 20.3 Å². The molecule has 3 nitrogen and oxygen atoms in total. The fourth-order valence-electron chi connectivity index (χ4n) is 1.95. The van der Waals surface area contributed by atoms with Crippen molar-refractivity contribution in [2.24, 2.45) is 5.92 Å². The van der Waals surface area contributed by atoms with Crippen LogP contribution in [0, 0.1) is 5.92 Å². The third-order valence-corrected chi connectivity index (χ3v) is 4.51. The molecule has 2 aromatic rings. The number of hydrogen-bond donors (Lipinski definition) is 1. The summed E-state index contributed by atoms with van der Waals surface area (Å²) in [5, 5.41) is 3.69. The molecule has 0 radical (unpaired) electrons. The fraction of sp³-hybridized carbons (Fsp3) is 0.278. The maximum atomic E-state index is 12.4. The van der Waals surface area contributed by atoms with E-state index >= 15 is 0 Å². The summed E-state index contributed by atoms with van der Waals surface area (Å²) in [6.07, 6.45) is 0.974. The average Bonchev–Trinajstić information content (AvgIpc) is 2.52. The van der Waals surface area contributed by atoms with E-state index in [4.69, 9.17) is 27.9 Å². The van der Waals surface area contributed by atoms with Gasteiger partial charge >= 0.3 is 0 Å². The zero-order valence-corrected chi connectivity index (χ0v) is 16.5. The number of ether oxygens (including phenoxy) is 1. The van der Waals surface area contributed by atoms with E-state index in [1.165, 1.54) is 0 Å². The van der Waals surface area contributed by atoms with Gasteiger partial charge in [0.15, 0.2) is 0 Å². The molecular weight excluding hydrogens is 413 g/mol. The molecule has 0 aliphatic carbocycles. The number of nitrogens with one attached hydrogen (secondary N) is 1. The quantitative estimate of drug-likeness (QED) is 0.572. The van der Waals surface area contributed by atoms with Crippen LogP contribution in [0.3, 0.4) is 0 Å². The van der Waals surface area contributed by atoms with E-state index in [0.717, 1.165) is 10.9 Å². The van der Waals surface area contributed by atoms with E-state index in [-0.39, 0.29) is 5.91 Å². The summed E-state index contributed by atoms with van der Waals surface area (Å²) in [7, 11) is 0. The Morgan fingerprint density at radius 2 is 1.96 bits per heavy atom. The van der Waals surface area contributed by atoms with Gasteiger partial charge < -0.3 is 10.1 Å². The minimum absolute atomic E-state index is 0.270. The third kappa shape index (κ3) is 5.40. The normalized spacial score (nSPS) is 10.8. The SMILES string of the molecule is CC(C)CCOc1ccc(C(=O)Nc2cc(Cl)ccc2Cl)cc1Br. The molecule has 0 saturated carbocycles. The Balaban J connectivity index is 2.07. The topological polar surface area (TPSA) is 38.3 Å². The van der Waals surface area contributed by atoms with Gasteiger partial charge in [-0.3, -0.25) is 4.79 Å². The Morgan fingerprint density at radius 3 is 2.62 bits per heavy atom. The molecule has 0 fully saturated rings. The first kappa shape index (κ1) is 19.1. The van der Waals surface area contributed by atoms with Gasteiger partial charge in [-0.2, -0.15) is 0 Å². The van der Waals surface area contributed by atoms with Crippen LogP contribution in [-0.4, -0.2) is 12.5 Å². The van der Waals surface area contributed by atoms with Crippen molar-refractivity contribution in [1.29, 1.82) is 0 Å². The molecule has 2 aromatic carbocycles. The van der Waals surface area contributed by atoms with E-state index in [1.807, 2.05) is 0 Å². The first-order valence-corrected chi connectivity index (χ1v) is 9.10. The lowest BCUT2D eigenvalue weighted by molar-refractivity contribution is 0.102. The van der Waals surface area contributed by atoms with Crippen molar-refractivity contribution < 1.29 is 9.53 Å². The molecule has 0 bridgehead atoms. The lowest BCUT2D eigenvalue weighted by atomic mass is 10.1. The summed E-state index contributed by atoms with van der Waals surface area (Å²) in [4.78, 5) is 12.4. The van der Waals surface area contributed by atoms with Crippen LogP contribution in [0.15, 0.2) is 40.9 Å². The Morgan fingerprint density at radius 1 is 1.21 bits per heavy atom. The Labute approximate surface area is 160 Å². The van der Waals surface area contributed by atoms with Crippen LogP contribution in [0.2, 0.25) is 10.0 Å². The van der Waals surface area contributed by atoms with Crippen molar-refractivity contribution in [3.8, 4) is 5.75 Å². The molecule has 1 N–H and O–H groups in total. The van der Waals surface area contributed by atoms with E-state index in [2.05, 4.69) is 35.1 Å². The van der Waals surface area contributed by atoms with Crippen molar-refractivity contribution in [2.75, 3.05) is 11.9 Å². The van der Waals surface area contributed by atoms with Crippen LogP contribution in [0.5, 0.6) is 5.75 Å². The van der Waals surface area contributed by atoms with Crippen LogP contribution in [-0.2, 0) is 0 Å². The fourth-order valence-corrected chi connectivity index (χ4v) is 2.78. The molecule has 24 heavy (non-hydrogen) atoms. The highest BCUT2D eigenvalue weighted by atomic mass is 79.9. The third-order valence-electron chi connectivity index (χ3n) is 3.32. The Kier molecular flexibility index (Phi) is 6.96. The van der Waals surface area contributed by atoms with Crippen molar-refractivity contribution in [3.05, 3.63) is 56.5 Å². The Bertz CT molecular complexity index is 735. The summed E-state index contributed by atoms with van der Waals surface area (Å²) in [5.41, 5.74) is 0.969. The van der Waals surface area contributed by atoms with Gasteiger partial charge in [-0.1, -0.05) is 37.0 Å². The molecular formula is C18H18BrCl2NO2. The maximum Gasteiger partial charge on any atom is 0.255 e. The zero-order chi connectivity index (χ0) is 17.7. The molecule has 1 amide bonds. The van der Waals surface area contributed by atoms with Gasteiger partial charge in [-0.25, -0.2) is 0 Å². The van der Waals surface area contributed by atoms with Crippen molar-refractivity contribution >= 4 is 50.7 Å². The van der Waals surface area contributed by atoms with E-state index < -0.39 is 0 Å². The number of benzene rings is 2. The Hall–Kier alpha value is -1.23. The highest BCUT2D eigenvalue weighted by molar-refractivity contribution is 9.10. The molecule has 128 valence electrons. The largest absolute Gasteiger partial charge is 0.492 e. The van der Waals surface area contributed by atoms with Gasteiger partial charge in [0, 0.05) is 10.6 Å². The highest BCUT2D eigenvalue weighted by Gasteiger charge is 2.12. The number of halogens is 3. The molecule has 0 heterocycles. The molecule has 0 saturated heterocycles. The van der Waals surface area contributed by atoms with Gasteiger partial charge in [-0.15, -0.1) is 0 Å². The highest BCUT2D eigenvalue weighted by Crippen LogP contribution is 2.29. The first-order valence-electron chi connectivity index (χ1n) is 7.55. The van der Waals surface area contributed by atoms with Gasteiger partial charge in [0.1, 0.15) is 5.75 Å². The summed E-state index contributed by atoms with van der Waals surface area (Å²) >= 11 is 15.4. The monoisotopic (exact) mass is 429 g/mol. The lowest BCUT2D eigenvalue weighted by Gasteiger charge is -2.12. The van der Waals surface area contributed by atoms with Crippen LogP contribution in [0.25, 0.3) is 0 Å². The number of amides is 1. The minimum Gasteiger partial charge on any atom is -0.492 e. The minimum atomic E-state index is -0.270. The smallest absolute Gasteiger partial charge is 0.255 e. The molecule has 0 aliphatic rings. The molecule has 6 heteroatoms. The summed E-state index contributed by atoms with van der Waals surface area (Å²) < 4.78 is 6.45. The second-order valence-corrected chi connectivity index (χ2v) is 7.45.